The Hall–Kier alpha value is -2.82. The Kier molecular flexibility index (Phi) is 3.55. The first kappa shape index (κ1) is 14.1. The van der Waals surface area contributed by atoms with Crippen molar-refractivity contribution in [3.05, 3.63) is 53.6 Å². The van der Waals surface area contributed by atoms with Gasteiger partial charge in [-0.05, 0) is 36.2 Å². The van der Waals surface area contributed by atoms with E-state index in [1.54, 1.807) is 42.5 Å². The summed E-state index contributed by atoms with van der Waals surface area (Å²) in [6.07, 6.45) is 0.555. The van der Waals surface area contributed by atoms with E-state index < -0.39 is 5.92 Å². The van der Waals surface area contributed by atoms with Crippen molar-refractivity contribution in [1.82, 2.24) is 0 Å². The number of hydrogen-bond donors (Lipinski definition) is 3. The molecule has 1 aliphatic heterocycles. The standard InChI is InChI=1S/C17H16N2O3/c18-13-2-1-3-14-16(13)15(21)9-11(17(22)19-14)8-10-4-6-12(20)7-5-10/h1-7,11,20H,8-9,18H2,(H,19,22)/t11-/m1/s1. The summed E-state index contributed by atoms with van der Waals surface area (Å²) in [5, 5.41) is 12.1. The van der Waals surface area contributed by atoms with E-state index in [4.69, 9.17) is 5.73 Å². The Labute approximate surface area is 127 Å². The van der Waals surface area contributed by atoms with Gasteiger partial charge < -0.3 is 16.2 Å². The second-order valence-corrected chi connectivity index (χ2v) is 5.45. The Balaban J connectivity index is 1.87. The minimum atomic E-state index is -0.455. The average Bonchev–Trinajstić information content (AvgIpc) is 2.59. The molecule has 1 heterocycles. The summed E-state index contributed by atoms with van der Waals surface area (Å²) < 4.78 is 0. The molecule has 112 valence electrons. The van der Waals surface area contributed by atoms with Gasteiger partial charge in [-0.2, -0.15) is 0 Å². The lowest BCUT2D eigenvalue weighted by Gasteiger charge is -2.12. The van der Waals surface area contributed by atoms with E-state index in [1.165, 1.54) is 0 Å². The maximum atomic E-state index is 12.4. The molecular weight excluding hydrogens is 280 g/mol. The number of fused-ring (bicyclic) bond motifs is 1. The van der Waals surface area contributed by atoms with Gasteiger partial charge in [0.1, 0.15) is 5.75 Å². The first-order valence-corrected chi connectivity index (χ1v) is 7.05. The second kappa shape index (κ2) is 5.52. The van der Waals surface area contributed by atoms with Gasteiger partial charge in [0.05, 0.1) is 11.3 Å². The van der Waals surface area contributed by atoms with Crippen molar-refractivity contribution in [1.29, 1.82) is 0 Å². The number of nitrogens with one attached hydrogen (secondary N) is 1. The molecule has 0 unspecified atom stereocenters. The number of amides is 1. The van der Waals surface area contributed by atoms with E-state index in [2.05, 4.69) is 5.32 Å². The molecule has 0 bridgehead atoms. The van der Waals surface area contributed by atoms with E-state index in [9.17, 15) is 14.7 Å². The molecule has 0 aromatic heterocycles. The lowest BCUT2D eigenvalue weighted by atomic mass is 9.92. The van der Waals surface area contributed by atoms with Gasteiger partial charge in [-0.1, -0.05) is 18.2 Å². The highest BCUT2D eigenvalue weighted by atomic mass is 16.3. The third-order valence-electron chi connectivity index (χ3n) is 3.85. The fourth-order valence-corrected chi connectivity index (χ4v) is 2.72. The van der Waals surface area contributed by atoms with Crippen LogP contribution < -0.4 is 11.1 Å². The molecular formula is C17H16N2O3. The molecule has 4 N–H and O–H groups in total. The van der Waals surface area contributed by atoms with Gasteiger partial charge in [0.15, 0.2) is 5.78 Å². The minimum Gasteiger partial charge on any atom is -0.508 e. The summed E-state index contributed by atoms with van der Waals surface area (Å²) in [4.78, 5) is 24.8. The number of phenolic OH excluding ortho intramolecular Hbond substituents is 1. The topological polar surface area (TPSA) is 92.4 Å². The molecule has 5 nitrogen and oxygen atoms in total. The number of phenols is 1. The van der Waals surface area contributed by atoms with Gasteiger partial charge in [0.25, 0.3) is 0 Å². The number of Topliss-reactive ketones (excluding diaryl/α,β-unsaturated/α-hetero) is 1. The van der Waals surface area contributed by atoms with Gasteiger partial charge in [-0.3, -0.25) is 9.59 Å². The SMILES string of the molecule is Nc1cccc2c1C(=O)C[C@@H](Cc1ccc(O)cc1)C(=O)N2. The Bertz CT molecular complexity index is 738. The van der Waals surface area contributed by atoms with Crippen molar-refractivity contribution in [2.24, 2.45) is 5.92 Å². The molecule has 0 saturated heterocycles. The molecule has 1 atom stereocenters. The molecule has 22 heavy (non-hydrogen) atoms. The lowest BCUT2D eigenvalue weighted by molar-refractivity contribution is -0.119. The van der Waals surface area contributed by atoms with E-state index >= 15 is 0 Å². The summed E-state index contributed by atoms with van der Waals surface area (Å²) in [6, 6.07) is 11.7. The molecule has 0 fully saturated rings. The molecule has 0 spiro atoms. The van der Waals surface area contributed by atoms with Crippen molar-refractivity contribution in [3.63, 3.8) is 0 Å². The molecule has 1 amide bonds. The normalized spacial score (nSPS) is 17.5. The van der Waals surface area contributed by atoms with Crippen LogP contribution in [0.1, 0.15) is 22.3 Å². The summed E-state index contributed by atoms with van der Waals surface area (Å²) in [5.74, 6) is -0.602. The first-order valence-electron chi connectivity index (χ1n) is 7.05. The number of ketones is 1. The monoisotopic (exact) mass is 296 g/mol. The fourth-order valence-electron chi connectivity index (χ4n) is 2.72. The molecule has 3 rings (SSSR count). The predicted molar refractivity (Wildman–Crippen MR) is 83.7 cm³/mol. The Morgan fingerprint density at radius 2 is 1.86 bits per heavy atom. The minimum absolute atomic E-state index is 0.119. The summed E-state index contributed by atoms with van der Waals surface area (Å²) in [5.41, 5.74) is 8.00. The number of anilines is 2. The third-order valence-corrected chi connectivity index (χ3v) is 3.85. The lowest BCUT2D eigenvalue weighted by Crippen LogP contribution is -2.23. The number of nitrogens with two attached hydrogens (primary N) is 1. The van der Waals surface area contributed by atoms with E-state index in [1.807, 2.05) is 0 Å². The molecule has 0 saturated carbocycles. The summed E-state index contributed by atoms with van der Waals surface area (Å²) in [7, 11) is 0. The zero-order chi connectivity index (χ0) is 15.7. The summed E-state index contributed by atoms with van der Waals surface area (Å²) in [6.45, 7) is 0. The van der Waals surface area contributed by atoms with Gasteiger partial charge in [0, 0.05) is 18.0 Å². The van der Waals surface area contributed by atoms with Crippen molar-refractivity contribution < 1.29 is 14.7 Å². The van der Waals surface area contributed by atoms with Crippen molar-refractivity contribution >= 4 is 23.1 Å². The van der Waals surface area contributed by atoms with Crippen LogP contribution in [-0.4, -0.2) is 16.8 Å². The molecule has 0 radical (unpaired) electrons. The third kappa shape index (κ3) is 2.65. The van der Waals surface area contributed by atoms with Crippen LogP contribution in [0.2, 0.25) is 0 Å². The van der Waals surface area contributed by atoms with Crippen LogP contribution in [0, 0.1) is 5.92 Å². The van der Waals surface area contributed by atoms with Crippen LogP contribution in [-0.2, 0) is 11.2 Å². The maximum absolute atomic E-state index is 12.4. The van der Waals surface area contributed by atoms with Crippen LogP contribution >= 0.6 is 0 Å². The highest BCUT2D eigenvalue weighted by molar-refractivity contribution is 6.12. The number of benzene rings is 2. The number of carbonyl (C=O) groups excluding carboxylic acids is 2. The maximum Gasteiger partial charge on any atom is 0.228 e. The van der Waals surface area contributed by atoms with Crippen LogP contribution in [0.25, 0.3) is 0 Å². The highest BCUT2D eigenvalue weighted by Crippen LogP contribution is 2.30. The number of nitrogen functional groups attached to an aromatic ring is 1. The molecule has 2 aromatic rings. The van der Waals surface area contributed by atoms with Gasteiger partial charge in [-0.15, -0.1) is 0 Å². The van der Waals surface area contributed by atoms with Gasteiger partial charge >= 0.3 is 0 Å². The smallest absolute Gasteiger partial charge is 0.228 e. The highest BCUT2D eigenvalue weighted by Gasteiger charge is 2.29. The summed E-state index contributed by atoms with van der Waals surface area (Å²) >= 11 is 0. The van der Waals surface area contributed by atoms with E-state index in [0.29, 0.717) is 23.4 Å². The predicted octanol–water partition coefficient (Wildman–Crippen LogP) is 2.36. The fraction of sp³-hybridized carbons (Fsp3) is 0.176. The van der Waals surface area contributed by atoms with E-state index in [-0.39, 0.29) is 23.9 Å². The quantitative estimate of drug-likeness (QED) is 0.742. The van der Waals surface area contributed by atoms with Gasteiger partial charge in [-0.25, -0.2) is 0 Å². The largest absolute Gasteiger partial charge is 0.508 e. The van der Waals surface area contributed by atoms with Crippen molar-refractivity contribution in [3.8, 4) is 5.75 Å². The average molecular weight is 296 g/mol. The molecule has 5 heteroatoms. The van der Waals surface area contributed by atoms with Crippen LogP contribution in [0.5, 0.6) is 5.75 Å². The zero-order valence-corrected chi connectivity index (χ0v) is 11.9. The molecule has 1 aliphatic rings. The first-order chi connectivity index (χ1) is 10.5. The number of aromatic hydroxyl groups is 1. The van der Waals surface area contributed by atoms with Gasteiger partial charge in [0.2, 0.25) is 5.91 Å². The van der Waals surface area contributed by atoms with Crippen molar-refractivity contribution in [2.45, 2.75) is 12.8 Å². The number of hydrogen-bond acceptors (Lipinski definition) is 4. The zero-order valence-electron chi connectivity index (χ0n) is 11.9. The van der Waals surface area contributed by atoms with Crippen LogP contribution in [0.4, 0.5) is 11.4 Å². The number of carbonyl (C=O) groups is 2. The second-order valence-electron chi connectivity index (χ2n) is 5.45. The Morgan fingerprint density at radius 1 is 1.14 bits per heavy atom. The van der Waals surface area contributed by atoms with Crippen LogP contribution in [0.3, 0.4) is 0 Å². The van der Waals surface area contributed by atoms with Crippen LogP contribution in [0.15, 0.2) is 42.5 Å². The Morgan fingerprint density at radius 3 is 2.59 bits per heavy atom. The van der Waals surface area contributed by atoms with E-state index in [0.717, 1.165) is 5.56 Å². The molecule has 2 aromatic carbocycles. The van der Waals surface area contributed by atoms with Crippen molar-refractivity contribution in [2.75, 3.05) is 11.1 Å². The molecule has 0 aliphatic carbocycles. The number of rotatable bonds is 2.